The van der Waals surface area contributed by atoms with E-state index in [9.17, 15) is 4.79 Å². The quantitative estimate of drug-likeness (QED) is 0.464. The number of carboxylic acid groups (broad SMARTS) is 1. The van der Waals surface area contributed by atoms with E-state index in [0.29, 0.717) is 6.54 Å². The highest BCUT2D eigenvalue weighted by atomic mass is 32.2. The van der Waals surface area contributed by atoms with Crippen molar-refractivity contribution in [2.75, 3.05) is 17.2 Å². The number of ether oxygens (including phenoxy) is 1. The molecule has 0 fully saturated rings. The maximum Gasteiger partial charge on any atom is 0.341 e. The summed E-state index contributed by atoms with van der Waals surface area (Å²) in [4.78, 5) is 24.3. The number of nitrogens with one attached hydrogen (secondary N) is 2. The highest BCUT2D eigenvalue weighted by Gasteiger charge is 2.17. The SMILES string of the molecule is O=C(O)COc1ccc(NCc2ccc3c(c2)Nc2nccnc2S3)cn1. The summed E-state index contributed by atoms with van der Waals surface area (Å²) in [5.41, 5.74) is 2.91. The number of carbonyl (C=O) groups is 1. The van der Waals surface area contributed by atoms with Crippen molar-refractivity contribution in [2.24, 2.45) is 0 Å². The summed E-state index contributed by atoms with van der Waals surface area (Å²) < 4.78 is 5.02. The fourth-order valence-electron chi connectivity index (χ4n) is 2.50. The van der Waals surface area contributed by atoms with Gasteiger partial charge in [-0.3, -0.25) is 0 Å². The number of pyridine rings is 1. The van der Waals surface area contributed by atoms with E-state index in [-0.39, 0.29) is 5.88 Å². The third kappa shape index (κ3) is 4.09. The van der Waals surface area contributed by atoms with E-state index in [4.69, 9.17) is 9.84 Å². The molecule has 0 unspecified atom stereocenters. The van der Waals surface area contributed by atoms with Crippen LogP contribution in [0.5, 0.6) is 5.88 Å². The number of hydrogen-bond donors (Lipinski definition) is 3. The molecular weight excluding hydrogens is 366 g/mol. The van der Waals surface area contributed by atoms with Gasteiger partial charge in [0.15, 0.2) is 12.4 Å². The molecule has 2 aromatic heterocycles. The van der Waals surface area contributed by atoms with Crippen molar-refractivity contribution < 1.29 is 14.6 Å². The van der Waals surface area contributed by atoms with Crippen molar-refractivity contribution in [2.45, 2.75) is 16.5 Å². The maximum absolute atomic E-state index is 10.5. The first-order valence-electron chi connectivity index (χ1n) is 8.11. The number of aromatic nitrogens is 3. The minimum atomic E-state index is -1.04. The zero-order valence-electron chi connectivity index (χ0n) is 14.0. The van der Waals surface area contributed by atoms with Crippen LogP contribution in [-0.4, -0.2) is 32.6 Å². The second-order valence-corrected chi connectivity index (χ2v) is 6.72. The lowest BCUT2D eigenvalue weighted by Crippen LogP contribution is -2.10. The molecule has 4 rings (SSSR count). The van der Waals surface area contributed by atoms with Gasteiger partial charge in [0, 0.05) is 29.9 Å². The minimum absolute atomic E-state index is 0.276. The molecule has 1 aliphatic rings. The van der Waals surface area contributed by atoms with Crippen LogP contribution in [0.2, 0.25) is 0 Å². The van der Waals surface area contributed by atoms with Crippen molar-refractivity contribution in [3.05, 3.63) is 54.5 Å². The largest absolute Gasteiger partial charge is 0.479 e. The number of aliphatic carboxylic acids is 1. The van der Waals surface area contributed by atoms with Crippen molar-refractivity contribution in [1.29, 1.82) is 0 Å². The topological polar surface area (TPSA) is 109 Å². The van der Waals surface area contributed by atoms with Crippen LogP contribution in [0.3, 0.4) is 0 Å². The molecule has 8 nitrogen and oxygen atoms in total. The number of nitrogens with zero attached hydrogens (tertiary/aromatic N) is 3. The molecule has 0 saturated heterocycles. The van der Waals surface area contributed by atoms with Crippen LogP contribution in [0.4, 0.5) is 17.2 Å². The monoisotopic (exact) mass is 381 g/mol. The molecule has 0 radical (unpaired) electrons. The van der Waals surface area contributed by atoms with Crippen LogP contribution in [0, 0.1) is 0 Å². The number of rotatable bonds is 6. The summed E-state index contributed by atoms with van der Waals surface area (Å²) in [6.45, 7) is 0.206. The minimum Gasteiger partial charge on any atom is -0.479 e. The van der Waals surface area contributed by atoms with E-state index < -0.39 is 12.6 Å². The van der Waals surface area contributed by atoms with Gasteiger partial charge in [0.05, 0.1) is 17.6 Å². The summed E-state index contributed by atoms with van der Waals surface area (Å²) in [6.07, 6.45) is 4.96. The van der Waals surface area contributed by atoms with Crippen LogP contribution in [0.1, 0.15) is 5.56 Å². The third-order valence-electron chi connectivity index (χ3n) is 3.74. The summed E-state index contributed by atoms with van der Waals surface area (Å²) in [6, 6.07) is 9.61. The van der Waals surface area contributed by atoms with Crippen LogP contribution in [0.15, 0.2) is 58.8 Å². The van der Waals surface area contributed by atoms with E-state index in [1.165, 1.54) is 0 Å². The molecule has 0 bridgehead atoms. The number of carboxylic acids is 1. The Morgan fingerprint density at radius 3 is 2.89 bits per heavy atom. The Bertz CT molecular complexity index is 981. The fraction of sp³-hybridized carbons (Fsp3) is 0.111. The zero-order valence-corrected chi connectivity index (χ0v) is 14.9. The average molecular weight is 381 g/mol. The molecule has 1 aliphatic heterocycles. The molecule has 9 heteroatoms. The Labute approximate surface area is 159 Å². The van der Waals surface area contributed by atoms with Crippen LogP contribution in [-0.2, 0) is 11.3 Å². The fourth-order valence-corrected chi connectivity index (χ4v) is 3.38. The van der Waals surface area contributed by atoms with Gasteiger partial charge in [0.25, 0.3) is 0 Å². The smallest absolute Gasteiger partial charge is 0.341 e. The Balaban J connectivity index is 1.39. The molecule has 3 heterocycles. The predicted octanol–water partition coefficient (Wildman–Crippen LogP) is 3.16. The van der Waals surface area contributed by atoms with Crippen molar-refractivity contribution in [3.63, 3.8) is 0 Å². The zero-order chi connectivity index (χ0) is 18.6. The van der Waals surface area contributed by atoms with Gasteiger partial charge >= 0.3 is 5.97 Å². The third-order valence-corrected chi connectivity index (χ3v) is 4.81. The second kappa shape index (κ2) is 7.50. The van der Waals surface area contributed by atoms with E-state index in [0.717, 1.165) is 32.7 Å². The van der Waals surface area contributed by atoms with Gasteiger partial charge in [-0.15, -0.1) is 0 Å². The van der Waals surface area contributed by atoms with Crippen molar-refractivity contribution in [3.8, 4) is 5.88 Å². The van der Waals surface area contributed by atoms with Gasteiger partial charge in [-0.25, -0.2) is 19.7 Å². The lowest BCUT2D eigenvalue weighted by atomic mass is 10.2. The summed E-state index contributed by atoms with van der Waals surface area (Å²) in [5.74, 6) is 0.00535. The van der Waals surface area contributed by atoms with Crippen LogP contribution >= 0.6 is 11.8 Å². The predicted molar refractivity (Wildman–Crippen MR) is 101 cm³/mol. The molecule has 0 atom stereocenters. The van der Waals surface area contributed by atoms with Gasteiger partial charge in [-0.2, -0.15) is 0 Å². The molecule has 3 N–H and O–H groups in total. The van der Waals surface area contributed by atoms with Gasteiger partial charge in [0.2, 0.25) is 5.88 Å². The number of benzene rings is 1. The molecule has 1 aromatic carbocycles. The van der Waals surface area contributed by atoms with Gasteiger partial charge in [-0.1, -0.05) is 17.8 Å². The van der Waals surface area contributed by atoms with E-state index >= 15 is 0 Å². The molecule has 136 valence electrons. The van der Waals surface area contributed by atoms with Crippen molar-refractivity contribution in [1.82, 2.24) is 15.0 Å². The first-order valence-corrected chi connectivity index (χ1v) is 8.92. The highest BCUT2D eigenvalue weighted by molar-refractivity contribution is 7.99. The molecule has 0 aliphatic carbocycles. The average Bonchev–Trinajstić information content (AvgIpc) is 2.69. The van der Waals surface area contributed by atoms with Crippen LogP contribution < -0.4 is 15.4 Å². The lowest BCUT2D eigenvalue weighted by molar-refractivity contribution is -0.139. The molecule has 27 heavy (non-hydrogen) atoms. The maximum atomic E-state index is 10.5. The van der Waals surface area contributed by atoms with E-state index in [2.05, 4.69) is 43.8 Å². The Morgan fingerprint density at radius 1 is 1.19 bits per heavy atom. The normalized spacial score (nSPS) is 11.7. The number of fused-ring (bicyclic) bond motifs is 2. The summed E-state index contributed by atoms with van der Waals surface area (Å²) in [5, 5.41) is 16.1. The highest BCUT2D eigenvalue weighted by Crippen LogP contribution is 2.42. The number of hydrogen-bond acceptors (Lipinski definition) is 8. The van der Waals surface area contributed by atoms with Gasteiger partial charge < -0.3 is 20.5 Å². The summed E-state index contributed by atoms with van der Waals surface area (Å²) in [7, 11) is 0. The second-order valence-electron chi connectivity index (χ2n) is 5.69. The van der Waals surface area contributed by atoms with Crippen LogP contribution in [0.25, 0.3) is 0 Å². The first-order chi connectivity index (χ1) is 13.2. The summed E-state index contributed by atoms with van der Waals surface area (Å²) >= 11 is 1.59. The molecule has 0 spiro atoms. The molecule has 3 aromatic rings. The van der Waals surface area contributed by atoms with Gasteiger partial charge in [0.1, 0.15) is 5.03 Å². The van der Waals surface area contributed by atoms with Crippen molar-refractivity contribution >= 4 is 34.9 Å². The standard InChI is InChI=1S/C18H15N5O3S/c24-16(25)10-26-15-4-2-12(9-22-15)21-8-11-1-3-14-13(7-11)23-17-18(27-14)20-6-5-19-17/h1-7,9,21H,8,10H2,(H,19,23)(H,24,25). The molecule has 0 saturated carbocycles. The van der Waals surface area contributed by atoms with Gasteiger partial charge in [-0.05, 0) is 23.8 Å². The van der Waals surface area contributed by atoms with E-state index in [1.54, 1.807) is 42.5 Å². The lowest BCUT2D eigenvalue weighted by Gasteiger charge is -2.19. The Kier molecular flexibility index (Phi) is 4.75. The van der Waals surface area contributed by atoms with E-state index in [1.807, 2.05) is 0 Å². The molecular formula is C18H15N5O3S. The molecule has 0 amide bonds. The first kappa shape index (κ1) is 17.1. The Hall–Kier alpha value is -3.33. The number of anilines is 3. The Morgan fingerprint density at radius 2 is 2.07 bits per heavy atom.